The molecular weight excluding hydrogens is 382 g/mol. The van der Waals surface area contributed by atoms with Gasteiger partial charge < -0.3 is 0 Å². The largest absolute Gasteiger partial charge is 0.417 e. The molecule has 0 saturated heterocycles. The van der Waals surface area contributed by atoms with Crippen LogP contribution in [-0.2, 0) is 12.4 Å². The predicted octanol–water partition coefficient (Wildman–Crippen LogP) is 5.56. The first-order valence-corrected chi connectivity index (χ1v) is 5.68. The molecule has 0 heterocycles. The third kappa shape index (κ3) is 2.96. The molecule has 0 fully saturated rings. The average molecular weight is 386 g/mol. The number of benzene rings is 1. The quantitative estimate of drug-likeness (QED) is 0.513. The number of rotatable bonds is 0. The van der Waals surface area contributed by atoms with Crippen molar-refractivity contribution in [2.24, 2.45) is 0 Å². The van der Waals surface area contributed by atoms with E-state index in [0.717, 1.165) is 0 Å². The predicted molar refractivity (Wildman–Crippen MR) is 56.6 cm³/mol. The minimum absolute atomic E-state index is 0.0845. The van der Waals surface area contributed by atoms with Crippen molar-refractivity contribution in [2.75, 3.05) is 0 Å². The van der Waals surface area contributed by atoms with Gasteiger partial charge in [-0.2, -0.15) is 26.3 Å². The van der Waals surface area contributed by atoms with Crippen molar-refractivity contribution >= 4 is 31.9 Å². The van der Waals surface area contributed by atoms with E-state index in [1.54, 1.807) is 0 Å². The number of alkyl halides is 6. The SMILES string of the molecule is Cc1c(Br)c(C(F)(F)F)cc(C(F)(F)F)c1Br. The normalized spacial score (nSPS) is 13.0. The van der Waals surface area contributed by atoms with Gasteiger partial charge in [-0.15, -0.1) is 0 Å². The Morgan fingerprint density at radius 1 is 0.824 bits per heavy atom. The van der Waals surface area contributed by atoms with Crippen LogP contribution in [0.3, 0.4) is 0 Å². The summed E-state index contributed by atoms with van der Waals surface area (Å²) in [6.07, 6.45) is -9.69. The lowest BCUT2D eigenvalue weighted by atomic mass is 10.1. The van der Waals surface area contributed by atoms with E-state index in [2.05, 4.69) is 31.9 Å². The number of hydrogen-bond acceptors (Lipinski definition) is 0. The molecule has 17 heavy (non-hydrogen) atoms. The van der Waals surface area contributed by atoms with Crippen LogP contribution in [0.25, 0.3) is 0 Å². The molecule has 1 aromatic rings. The molecule has 8 heteroatoms. The molecule has 0 atom stereocenters. The number of halogens is 8. The number of hydrogen-bond donors (Lipinski definition) is 0. The third-order valence-electron chi connectivity index (χ3n) is 2.03. The van der Waals surface area contributed by atoms with Gasteiger partial charge in [-0.05, 0) is 50.4 Å². The van der Waals surface area contributed by atoms with Gasteiger partial charge in [-0.3, -0.25) is 0 Å². The molecule has 0 N–H and O–H groups in total. The van der Waals surface area contributed by atoms with Gasteiger partial charge in [0.05, 0.1) is 11.1 Å². The van der Waals surface area contributed by atoms with Gasteiger partial charge in [0.2, 0.25) is 0 Å². The van der Waals surface area contributed by atoms with Crippen LogP contribution in [0.5, 0.6) is 0 Å². The second kappa shape index (κ2) is 4.46. The minimum Gasteiger partial charge on any atom is -0.166 e. The molecule has 0 aromatic heterocycles. The topological polar surface area (TPSA) is 0 Å². The summed E-state index contributed by atoms with van der Waals surface area (Å²) in [5.41, 5.74) is -2.83. The van der Waals surface area contributed by atoms with Crippen molar-refractivity contribution in [2.45, 2.75) is 19.3 Å². The van der Waals surface area contributed by atoms with E-state index in [4.69, 9.17) is 0 Å². The monoisotopic (exact) mass is 384 g/mol. The van der Waals surface area contributed by atoms with E-state index >= 15 is 0 Å². The second-order valence-electron chi connectivity index (χ2n) is 3.22. The molecule has 0 nitrogen and oxygen atoms in total. The Bertz CT molecular complexity index is 408. The lowest BCUT2D eigenvalue weighted by molar-refractivity contribution is -0.143. The summed E-state index contributed by atoms with van der Waals surface area (Å²) in [4.78, 5) is 0. The van der Waals surface area contributed by atoms with Crippen LogP contribution in [0.2, 0.25) is 0 Å². The fourth-order valence-electron chi connectivity index (χ4n) is 1.18. The third-order valence-corrected chi connectivity index (χ3v) is 4.07. The van der Waals surface area contributed by atoms with Crippen molar-refractivity contribution in [3.63, 3.8) is 0 Å². The molecule has 0 amide bonds. The van der Waals surface area contributed by atoms with Gasteiger partial charge in [0.25, 0.3) is 0 Å². The lowest BCUT2D eigenvalue weighted by Gasteiger charge is -2.17. The van der Waals surface area contributed by atoms with E-state index in [-0.39, 0.29) is 11.6 Å². The molecule has 0 saturated carbocycles. The maximum atomic E-state index is 12.5. The highest BCUT2D eigenvalue weighted by Crippen LogP contribution is 2.44. The Labute approximate surface area is 109 Å². The maximum Gasteiger partial charge on any atom is 0.417 e. The molecule has 0 spiro atoms. The summed E-state index contributed by atoms with van der Waals surface area (Å²) >= 11 is 5.30. The first-order chi connectivity index (χ1) is 7.46. The Morgan fingerprint density at radius 3 is 1.35 bits per heavy atom. The molecule has 1 aromatic carbocycles. The summed E-state index contributed by atoms with van der Waals surface area (Å²) < 4.78 is 74.3. The molecule has 0 bridgehead atoms. The Hall–Kier alpha value is -0.240. The molecule has 0 aliphatic carbocycles. The fourth-order valence-corrected chi connectivity index (χ4v) is 2.53. The molecule has 96 valence electrons. The fraction of sp³-hybridized carbons (Fsp3) is 0.333. The zero-order valence-corrected chi connectivity index (χ0v) is 11.3. The first kappa shape index (κ1) is 14.8. The van der Waals surface area contributed by atoms with Crippen LogP contribution in [-0.4, -0.2) is 0 Å². The van der Waals surface area contributed by atoms with Gasteiger partial charge in [0, 0.05) is 8.95 Å². The van der Waals surface area contributed by atoms with Crippen LogP contribution in [0.1, 0.15) is 16.7 Å². The Kier molecular flexibility index (Phi) is 3.88. The first-order valence-electron chi connectivity index (χ1n) is 4.09. The zero-order chi connectivity index (χ0) is 13.6. The Morgan fingerprint density at radius 2 is 1.12 bits per heavy atom. The van der Waals surface area contributed by atoms with Crippen LogP contribution >= 0.6 is 31.9 Å². The lowest BCUT2D eigenvalue weighted by Crippen LogP contribution is -2.13. The van der Waals surface area contributed by atoms with Gasteiger partial charge >= 0.3 is 12.4 Å². The Balaban J connectivity index is 3.63. The van der Waals surface area contributed by atoms with Crippen LogP contribution in [0.4, 0.5) is 26.3 Å². The summed E-state index contributed by atoms with van der Waals surface area (Å²) in [5.74, 6) is 0. The smallest absolute Gasteiger partial charge is 0.166 e. The van der Waals surface area contributed by atoms with E-state index in [9.17, 15) is 26.3 Å². The minimum atomic E-state index is -4.84. The molecule has 0 unspecified atom stereocenters. The summed E-state index contributed by atoms with van der Waals surface area (Å²) in [5, 5.41) is 0. The van der Waals surface area contributed by atoms with Crippen LogP contribution in [0.15, 0.2) is 15.0 Å². The van der Waals surface area contributed by atoms with E-state index in [0.29, 0.717) is 0 Å². The maximum absolute atomic E-state index is 12.5. The molecular formula is C9H4Br2F6. The van der Waals surface area contributed by atoms with Gasteiger partial charge in [-0.25, -0.2) is 0 Å². The van der Waals surface area contributed by atoms with E-state index in [1.165, 1.54) is 6.92 Å². The molecule has 0 radical (unpaired) electrons. The standard InChI is InChI=1S/C9H4Br2F6/c1-3-6(10)4(8(12,13)14)2-5(7(3)11)9(15,16)17/h2H,1H3. The van der Waals surface area contributed by atoms with E-state index in [1.807, 2.05) is 0 Å². The summed E-state index contributed by atoms with van der Waals surface area (Å²) in [7, 11) is 0. The van der Waals surface area contributed by atoms with Gasteiger partial charge in [0.1, 0.15) is 0 Å². The average Bonchev–Trinajstić information content (AvgIpc) is 2.10. The van der Waals surface area contributed by atoms with Gasteiger partial charge in [0.15, 0.2) is 0 Å². The molecule has 0 aliphatic heterocycles. The van der Waals surface area contributed by atoms with Crippen molar-refractivity contribution in [1.29, 1.82) is 0 Å². The zero-order valence-electron chi connectivity index (χ0n) is 8.10. The van der Waals surface area contributed by atoms with Crippen molar-refractivity contribution < 1.29 is 26.3 Å². The van der Waals surface area contributed by atoms with Crippen LogP contribution < -0.4 is 0 Å². The summed E-state index contributed by atoms with van der Waals surface area (Å²) in [6.45, 7) is 1.17. The molecule has 0 aliphatic rings. The van der Waals surface area contributed by atoms with Crippen molar-refractivity contribution in [1.82, 2.24) is 0 Å². The van der Waals surface area contributed by atoms with E-state index < -0.39 is 32.4 Å². The highest BCUT2D eigenvalue weighted by molar-refractivity contribution is 9.11. The molecule has 1 rings (SSSR count). The highest BCUT2D eigenvalue weighted by Gasteiger charge is 2.40. The van der Waals surface area contributed by atoms with Crippen molar-refractivity contribution in [3.05, 3.63) is 31.7 Å². The second-order valence-corrected chi connectivity index (χ2v) is 4.81. The summed E-state index contributed by atoms with van der Waals surface area (Å²) in [6, 6.07) is 0.0845. The van der Waals surface area contributed by atoms with Gasteiger partial charge in [-0.1, -0.05) is 0 Å². The highest BCUT2D eigenvalue weighted by atomic mass is 79.9. The van der Waals surface area contributed by atoms with Crippen molar-refractivity contribution in [3.8, 4) is 0 Å². The van der Waals surface area contributed by atoms with Crippen LogP contribution in [0, 0.1) is 6.92 Å².